The van der Waals surface area contributed by atoms with Gasteiger partial charge in [-0.2, -0.15) is 0 Å². The predicted octanol–water partition coefficient (Wildman–Crippen LogP) is 4.55. The van der Waals surface area contributed by atoms with Crippen LogP contribution in [0.4, 0.5) is 0 Å². The van der Waals surface area contributed by atoms with Gasteiger partial charge in [0.1, 0.15) is 0 Å². The van der Waals surface area contributed by atoms with E-state index in [-0.39, 0.29) is 5.41 Å². The Morgan fingerprint density at radius 3 is 2.64 bits per heavy atom. The van der Waals surface area contributed by atoms with Gasteiger partial charge in [-0.1, -0.05) is 54.6 Å². The van der Waals surface area contributed by atoms with Crippen LogP contribution in [0.15, 0.2) is 59.6 Å². The van der Waals surface area contributed by atoms with Crippen LogP contribution in [0.3, 0.4) is 0 Å². The molecule has 1 unspecified atom stereocenters. The van der Waals surface area contributed by atoms with Crippen LogP contribution in [0.25, 0.3) is 0 Å². The summed E-state index contributed by atoms with van der Waals surface area (Å²) in [4.78, 5) is 7.63. The summed E-state index contributed by atoms with van der Waals surface area (Å²) in [7, 11) is 0. The molecule has 5 heteroatoms. The van der Waals surface area contributed by atoms with Crippen molar-refractivity contribution in [3.8, 4) is 0 Å². The molecule has 2 aliphatic heterocycles. The van der Waals surface area contributed by atoms with Gasteiger partial charge in [0.2, 0.25) is 0 Å². The lowest BCUT2D eigenvalue weighted by Gasteiger charge is -2.38. The zero-order chi connectivity index (χ0) is 22.9. The lowest BCUT2D eigenvalue weighted by atomic mass is 9.72. The highest BCUT2D eigenvalue weighted by Crippen LogP contribution is 2.37. The Bertz CT molecular complexity index is 893. The molecule has 33 heavy (non-hydrogen) atoms. The van der Waals surface area contributed by atoms with E-state index in [0.29, 0.717) is 12.5 Å². The molecule has 2 heterocycles. The lowest BCUT2D eigenvalue weighted by Crippen LogP contribution is -2.43. The monoisotopic (exact) mass is 449 g/mol. The number of hydrogen-bond acceptors (Lipinski definition) is 3. The molecule has 0 aliphatic carbocycles. The zero-order valence-electron chi connectivity index (χ0n) is 20.3. The molecule has 0 saturated carbocycles. The van der Waals surface area contributed by atoms with Gasteiger partial charge in [-0.05, 0) is 49.8 Å². The maximum absolute atomic E-state index is 6.03. The molecular formula is C28H39N3O2. The Labute approximate surface area is 199 Å². The zero-order valence-corrected chi connectivity index (χ0v) is 20.3. The van der Waals surface area contributed by atoms with Gasteiger partial charge in [-0.25, -0.2) is 0 Å². The van der Waals surface area contributed by atoms with Crippen LogP contribution in [0.5, 0.6) is 0 Å². The molecule has 2 fully saturated rings. The molecule has 2 saturated heterocycles. The molecule has 5 nitrogen and oxygen atoms in total. The van der Waals surface area contributed by atoms with Crippen LogP contribution >= 0.6 is 0 Å². The normalized spacial score (nSPS) is 20.7. The first-order valence-electron chi connectivity index (χ1n) is 12.5. The summed E-state index contributed by atoms with van der Waals surface area (Å²) in [6.07, 6.45) is 3.20. The van der Waals surface area contributed by atoms with Gasteiger partial charge in [-0.3, -0.25) is 4.99 Å². The van der Waals surface area contributed by atoms with E-state index in [1.807, 2.05) is 6.07 Å². The Hall–Kier alpha value is -2.37. The highest BCUT2D eigenvalue weighted by molar-refractivity contribution is 5.80. The Balaban J connectivity index is 1.40. The average Bonchev–Trinajstić information content (AvgIpc) is 3.32. The van der Waals surface area contributed by atoms with Crippen molar-refractivity contribution in [2.75, 3.05) is 46.0 Å². The quantitative estimate of drug-likeness (QED) is 0.475. The number of ether oxygens (including phenoxy) is 2. The van der Waals surface area contributed by atoms with E-state index in [2.05, 4.69) is 72.6 Å². The first-order valence-corrected chi connectivity index (χ1v) is 12.5. The summed E-state index contributed by atoms with van der Waals surface area (Å²) in [5.41, 5.74) is 4.08. The maximum Gasteiger partial charge on any atom is 0.193 e. The summed E-state index contributed by atoms with van der Waals surface area (Å²) in [5.74, 6) is 1.59. The minimum atomic E-state index is 0.0577. The minimum absolute atomic E-state index is 0.0577. The van der Waals surface area contributed by atoms with E-state index in [1.54, 1.807) is 0 Å². The van der Waals surface area contributed by atoms with E-state index in [1.165, 1.54) is 16.7 Å². The van der Waals surface area contributed by atoms with Gasteiger partial charge < -0.3 is 19.7 Å². The number of benzene rings is 2. The van der Waals surface area contributed by atoms with Gasteiger partial charge >= 0.3 is 0 Å². The van der Waals surface area contributed by atoms with Gasteiger partial charge in [0, 0.05) is 44.2 Å². The number of likely N-dealkylation sites (tertiary alicyclic amines) is 1. The summed E-state index contributed by atoms with van der Waals surface area (Å²) >= 11 is 0. The van der Waals surface area contributed by atoms with Crippen LogP contribution in [0, 0.1) is 12.8 Å². The third-order valence-corrected chi connectivity index (χ3v) is 7.08. The third kappa shape index (κ3) is 6.15. The molecule has 1 N–H and O–H groups in total. The van der Waals surface area contributed by atoms with Gasteiger partial charge in [0.05, 0.1) is 19.8 Å². The van der Waals surface area contributed by atoms with Crippen molar-refractivity contribution in [3.05, 3.63) is 71.3 Å². The molecule has 0 aromatic heterocycles. The van der Waals surface area contributed by atoms with Crippen LogP contribution < -0.4 is 5.32 Å². The lowest BCUT2D eigenvalue weighted by molar-refractivity contribution is 0.0528. The second-order valence-corrected chi connectivity index (χ2v) is 9.48. The van der Waals surface area contributed by atoms with Crippen molar-refractivity contribution >= 4 is 5.96 Å². The number of aliphatic imine (C=N–C) groups is 1. The third-order valence-electron chi connectivity index (χ3n) is 7.08. The van der Waals surface area contributed by atoms with Crippen molar-refractivity contribution in [1.29, 1.82) is 0 Å². The van der Waals surface area contributed by atoms with Gasteiger partial charge in [-0.15, -0.1) is 0 Å². The summed E-state index contributed by atoms with van der Waals surface area (Å²) < 4.78 is 11.8. The van der Waals surface area contributed by atoms with Crippen molar-refractivity contribution in [3.63, 3.8) is 0 Å². The molecule has 0 bridgehead atoms. The smallest absolute Gasteiger partial charge is 0.193 e. The molecule has 178 valence electrons. The molecule has 2 aliphatic rings. The fourth-order valence-electron chi connectivity index (χ4n) is 5.17. The van der Waals surface area contributed by atoms with Crippen LogP contribution in [0.1, 0.15) is 42.9 Å². The highest BCUT2D eigenvalue weighted by Gasteiger charge is 2.36. The Kier molecular flexibility index (Phi) is 8.40. The predicted molar refractivity (Wildman–Crippen MR) is 135 cm³/mol. The molecule has 0 radical (unpaired) electrons. The second kappa shape index (κ2) is 11.7. The first-order chi connectivity index (χ1) is 16.2. The number of nitrogens with one attached hydrogen (secondary N) is 1. The first kappa shape index (κ1) is 23.8. The maximum atomic E-state index is 6.03. The van der Waals surface area contributed by atoms with Crippen LogP contribution in [-0.2, 0) is 21.5 Å². The number of aryl methyl sites for hydroxylation is 1. The molecule has 4 rings (SSSR count). The van der Waals surface area contributed by atoms with Crippen LogP contribution in [-0.4, -0.2) is 56.9 Å². The van der Waals surface area contributed by atoms with E-state index in [0.717, 1.165) is 71.2 Å². The van der Waals surface area contributed by atoms with Crippen molar-refractivity contribution in [2.45, 2.75) is 45.1 Å². The van der Waals surface area contributed by atoms with Crippen molar-refractivity contribution in [2.24, 2.45) is 10.9 Å². The average molecular weight is 450 g/mol. The summed E-state index contributed by atoms with van der Waals surface area (Å²) in [5, 5.41) is 3.55. The van der Waals surface area contributed by atoms with E-state index < -0.39 is 0 Å². The largest absolute Gasteiger partial charge is 0.381 e. The summed E-state index contributed by atoms with van der Waals surface area (Å²) in [6.45, 7) is 11.2. The van der Waals surface area contributed by atoms with E-state index in [4.69, 9.17) is 14.5 Å². The van der Waals surface area contributed by atoms with Crippen molar-refractivity contribution < 1.29 is 9.47 Å². The molecule has 2 aromatic carbocycles. The van der Waals surface area contributed by atoms with Gasteiger partial charge in [0.25, 0.3) is 0 Å². The summed E-state index contributed by atoms with van der Waals surface area (Å²) in [6, 6.07) is 19.2. The topological polar surface area (TPSA) is 46.1 Å². The highest BCUT2D eigenvalue weighted by atomic mass is 16.5. The fraction of sp³-hybridized carbons (Fsp3) is 0.536. The second-order valence-electron chi connectivity index (χ2n) is 9.48. The number of hydrogen-bond donors (Lipinski definition) is 1. The van der Waals surface area contributed by atoms with E-state index in [9.17, 15) is 0 Å². The number of nitrogens with zero attached hydrogens (tertiary/aromatic N) is 2. The SMILES string of the molecule is CCNC(=NCC1(c2ccccc2C)CCOCC1)N1CCC(COCc2ccccc2)C1. The van der Waals surface area contributed by atoms with Crippen LogP contribution in [0.2, 0.25) is 0 Å². The number of rotatable bonds is 8. The van der Waals surface area contributed by atoms with E-state index >= 15 is 0 Å². The molecule has 2 aromatic rings. The number of guanidine groups is 1. The Morgan fingerprint density at radius 2 is 1.88 bits per heavy atom. The van der Waals surface area contributed by atoms with Crippen molar-refractivity contribution in [1.82, 2.24) is 10.2 Å². The van der Waals surface area contributed by atoms with Gasteiger partial charge in [0.15, 0.2) is 5.96 Å². The Morgan fingerprint density at radius 1 is 1.12 bits per heavy atom. The molecular weight excluding hydrogens is 410 g/mol. The standard InChI is InChI=1S/C28H39N3O2/c1-3-29-27(31-16-13-25(19-31)21-33-20-24-10-5-4-6-11-24)30-22-28(14-17-32-18-15-28)26-12-8-7-9-23(26)2/h4-12,25H,3,13-22H2,1-2H3,(H,29,30). The molecule has 1 atom stereocenters. The minimum Gasteiger partial charge on any atom is -0.381 e. The molecule has 0 spiro atoms. The molecule has 0 amide bonds. The fourth-order valence-corrected chi connectivity index (χ4v) is 5.17.